The molecule has 192 valence electrons. The Morgan fingerprint density at radius 3 is 2.54 bits per heavy atom. The van der Waals surface area contributed by atoms with E-state index in [1.165, 1.54) is 5.56 Å². The van der Waals surface area contributed by atoms with Crippen molar-refractivity contribution in [3.63, 3.8) is 0 Å². The minimum atomic E-state index is 0.118. The Bertz CT molecular complexity index is 1370. The Balaban J connectivity index is 1.23. The first-order valence-electron chi connectivity index (χ1n) is 12.8. The fourth-order valence-electron chi connectivity index (χ4n) is 5.23. The average Bonchev–Trinajstić information content (AvgIpc) is 3.30. The summed E-state index contributed by atoms with van der Waals surface area (Å²) in [6.45, 7) is 1.70. The van der Waals surface area contributed by atoms with Crippen LogP contribution in [0, 0.1) is 5.92 Å². The topological polar surface area (TPSA) is 62.9 Å². The molecular weight excluding hydrogens is 482 g/mol. The molecule has 0 saturated carbocycles. The van der Waals surface area contributed by atoms with Crippen molar-refractivity contribution in [2.75, 3.05) is 26.5 Å². The highest BCUT2D eigenvalue weighted by atomic mass is 32.2. The zero-order valence-corrected chi connectivity index (χ0v) is 22.2. The molecule has 0 spiro atoms. The van der Waals surface area contributed by atoms with E-state index in [1.54, 1.807) is 24.9 Å². The summed E-state index contributed by atoms with van der Waals surface area (Å²) in [4.78, 5) is 16.0. The average molecular weight is 516 g/mol. The second-order valence-electron chi connectivity index (χ2n) is 9.69. The lowest BCUT2D eigenvalue weighted by Gasteiger charge is -2.32. The number of nitrogens with zero attached hydrogens (tertiary/aromatic N) is 1. The number of phenols is 1. The molecule has 1 amide bonds. The minimum Gasteiger partial charge on any atom is -0.507 e. The maximum absolute atomic E-state index is 13.0. The molecule has 1 fully saturated rings. The summed E-state index contributed by atoms with van der Waals surface area (Å²) >= 11 is 1.59. The van der Waals surface area contributed by atoms with Gasteiger partial charge in [-0.3, -0.25) is 4.79 Å². The van der Waals surface area contributed by atoms with E-state index < -0.39 is 0 Å². The smallest absolute Gasteiger partial charge is 0.222 e. The molecule has 2 heterocycles. The number of carbonyl (C=O) groups excluding carboxylic acids is 1. The first-order valence-corrected chi connectivity index (χ1v) is 14.1. The number of likely N-dealkylation sites (tertiary alicyclic amines) is 1. The third kappa shape index (κ3) is 5.64. The van der Waals surface area contributed by atoms with Crippen LogP contribution >= 0.6 is 11.8 Å². The lowest BCUT2D eigenvalue weighted by atomic mass is 9.90. The van der Waals surface area contributed by atoms with Crippen LogP contribution in [0.4, 0.5) is 0 Å². The highest BCUT2D eigenvalue weighted by molar-refractivity contribution is 7.99. The number of carbonyl (C=O) groups is 1. The van der Waals surface area contributed by atoms with Crippen molar-refractivity contribution < 1.29 is 19.1 Å². The molecule has 4 aromatic rings. The number of aromatic hydroxyl groups is 1. The molecule has 0 radical (unpaired) electrons. The number of amides is 1. The molecule has 1 aromatic heterocycles. The molecule has 1 saturated heterocycles. The number of aryl methyl sites for hydroxylation is 1. The van der Waals surface area contributed by atoms with Crippen LogP contribution in [0.1, 0.15) is 30.4 Å². The van der Waals surface area contributed by atoms with E-state index >= 15 is 0 Å². The Kier molecular flexibility index (Phi) is 7.75. The monoisotopic (exact) mass is 515 g/mol. The van der Waals surface area contributed by atoms with Gasteiger partial charge >= 0.3 is 0 Å². The fourth-order valence-corrected chi connectivity index (χ4v) is 5.95. The Labute approximate surface area is 222 Å². The molecule has 37 heavy (non-hydrogen) atoms. The summed E-state index contributed by atoms with van der Waals surface area (Å²) in [6, 6.07) is 22.0. The third-order valence-corrected chi connectivity index (χ3v) is 8.14. The first-order chi connectivity index (χ1) is 18.1. The van der Waals surface area contributed by atoms with Gasteiger partial charge in [-0.25, -0.2) is 0 Å². The van der Waals surface area contributed by atoms with Gasteiger partial charge in [0.2, 0.25) is 5.91 Å². The number of piperidine rings is 1. The van der Waals surface area contributed by atoms with Crippen LogP contribution in [0.5, 0.6) is 11.5 Å². The summed E-state index contributed by atoms with van der Waals surface area (Å²) in [5.41, 5.74) is 3.90. The molecule has 1 aliphatic heterocycles. The number of phenolic OH excluding ortho intramolecular Hbond substituents is 1. The van der Waals surface area contributed by atoms with Crippen LogP contribution in [-0.2, 0) is 17.6 Å². The second-order valence-corrected chi connectivity index (χ2v) is 10.5. The zero-order chi connectivity index (χ0) is 25.8. The van der Waals surface area contributed by atoms with Gasteiger partial charge in [-0.1, -0.05) is 36.4 Å². The van der Waals surface area contributed by atoms with Crippen molar-refractivity contribution in [2.24, 2.45) is 5.92 Å². The predicted octanol–water partition coefficient (Wildman–Crippen LogP) is 6.95. The van der Waals surface area contributed by atoms with Crippen LogP contribution in [-0.4, -0.2) is 42.4 Å². The molecule has 5 rings (SSSR count). The van der Waals surface area contributed by atoms with Crippen LogP contribution in [0.25, 0.3) is 22.3 Å². The predicted molar refractivity (Wildman–Crippen MR) is 149 cm³/mol. The van der Waals surface area contributed by atoms with Crippen LogP contribution < -0.4 is 4.74 Å². The SMILES string of the molecule is COc1ccc(-c2oc3ccc(CCC(=O)N4CCC(Cc5ccccc5)CC4)cc3c2SC)c(O)c1. The summed E-state index contributed by atoms with van der Waals surface area (Å²) in [5, 5.41) is 11.5. The molecule has 0 unspecified atom stereocenters. The van der Waals surface area contributed by atoms with Gasteiger partial charge in [0.05, 0.1) is 17.6 Å². The van der Waals surface area contributed by atoms with Gasteiger partial charge in [-0.2, -0.15) is 0 Å². The maximum atomic E-state index is 13.0. The van der Waals surface area contributed by atoms with Crippen molar-refractivity contribution >= 4 is 28.6 Å². The van der Waals surface area contributed by atoms with Gasteiger partial charge in [-0.15, -0.1) is 11.8 Å². The Morgan fingerprint density at radius 1 is 1.05 bits per heavy atom. The third-order valence-electron chi connectivity index (χ3n) is 7.32. The molecule has 6 heteroatoms. The fraction of sp³-hybridized carbons (Fsp3) is 0.323. The molecule has 3 aromatic carbocycles. The van der Waals surface area contributed by atoms with Crippen LogP contribution in [0.3, 0.4) is 0 Å². The van der Waals surface area contributed by atoms with E-state index in [9.17, 15) is 9.90 Å². The van der Waals surface area contributed by atoms with Gasteiger partial charge in [0, 0.05) is 31.0 Å². The number of hydrogen-bond donors (Lipinski definition) is 1. The number of ether oxygens (including phenoxy) is 1. The number of fused-ring (bicyclic) bond motifs is 1. The highest BCUT2D eigenvalue weighted by Gasteiger charge is 2.23. The van der Waals surface area contributed by atoms with Crippen molar-refractivity contribution in [3.8, 4) is 22.8 Å². The molecule has 0 bridgehead atoms. The maximum Gasteiger partial charge on any atom is 0.222 e. The van der Waals surface area contributed by atoms with Crippen molar-refractivity contribution in [1.82, 2.24) is 4.90 Å². The lowest BCUT2D eigenvalue weighted by molar-refractivity contribution is -0.132. The zero-order valence-electron chi connectivity index (χ0n) is 21.4. The van der Waals surface area contributed by atoms with Crippen molar-refractivity contribution in [2.45, 2.75) is 37.0 Å². The number of furan rings is 1. The number of hydrogen-bond acceptors (Lipinski definition) is 5. The standard InChI is InChI=1S/C31H33NO4S/c1-35-24-10-11-25(27(33)20-24)30-31(37-2)26-19-22(8-12-28(26)36-30)9-13-29(34)32-16-14-23(15-17-32)18-21-6-4-3-5-7-21/h3-8,10-12,19-20,23,33H,9,13-18H2,1-2H3. The molecular formula is C31H33NO4S. The molecule has 5 nitrogen and oxygen atoms in total. The van der Waals surface area contributed by atoms with Gasteiger partial charge in [0.25, 0.3) is 0 Å². The van der Waals surface area contributed by atoms with E-state index in [4.69, 9.17) is 9.15 Å². The van der Waals surface area contributed by atoms with Crippen molar-refractivity contribution in [1.29, 1.82) is 0 Å². The van der Waals surface area contributed by atoms with Gasteiger partial charge in [0.15, 0.2) is 5.76 Å². The van der Waals surface area contributed by atoms with Gasteiger partial charge in [0.1, 0.15) is 17.1 Å². The largest absolute Gasteiger partial charge is 0.507 e. The van der Waals surface area contributed by atoms with Crippen LogP contribution in [0.2, 0.25) is 0 Å². The molecule has 1 N–H and O–H groups in total. The Morgan fingerprint density at radius 2 is 1.84 bits per heavy atom. The lowest BCUT2D eigenvalue weighted by Crippen LogP contribution is -2.39. The summed E-state index contributed by atoms with van der Waals surface area (Å²) in [5.74, 6) is 2.25. The van der Waals surface area contributed by atoms with Crippen LogP contribution in [0.15, 0.2) is 76.0 Å². The van der Waals surface area contributed by atoms with E-state index in [2.05, 4.69) is 36.4 Å². The summed E-state index contributed by atoms with van der Waals surface area (Å²) in [7, 11) is 1.57. The van der Waals surface area contributed by atoms with Gasteiger partial charge < -0.3 is 19.2 Å². The normalized spacial score (nSPS) is 14.3. The summed E-state index contributed by atoms with van der Waals surface area (Å²) < 4.78 is 11.4. The minimum absolute atomic E-state index is 0.118. The van der Waals surface area contributed by atoms with Crippen molar-refractivity contribution in [3.05, 3.63) is 77.9 Å². The number of thioether (sulfide) groups is 1. The molecule has 1 aliphatic rings. The number of methoxy groups -OCH3 is 1. The second kappa shape index (κ2) is 11.3. The summed E-state index contributed by atoms with van der Waals surface area (Å²) in [6.07, 6.45) is 6.45. The quantitative estimate of drug-likeness (QED) is 0.257. The molecule has 0 aliphatic carbocycles. The highest BCUT2D eigenvalue weighted by Crippen LogP contribution is 2.43. The Hall–Kier alpha value is -3.38. The molecule has 0 atom stereocenters. The van der Waals surface area contributed by atoms with E-state index in [0.29, 0.717) is 35.8 Å². The first kappa shape index (κ1) is 25.3. The van der Waals surface area contributed by atoms with E-state index in [1.807, 2.05) is 35.4 Å². The number of benzene rings is 3. The number of rotatable bonds is 8. The van der Waals surface area contributed by atoms with E-state index in [0.717, 1.165) is 53.8 Å². The van der Waals surface area contributed by atoms with E-state index in [-0.39, 0.29) is 11.7 Å². The van der Waals surface area contributed by atoms with Gasteiger partial charge in [-0.05, 0) is 73.2 Å².